The lowest BCUT2D eigenvalue weighted by Crippen LogP contribution is -2.09. The molecule has 2 aromatic heterocycles. The molecule has 3 nitrogen and oxygen atoms in total. The quantitative estimate of drug-likeness (QED) is 0.149. The van der Waals surface area contributed by atoms with Gasteiger partial charge in [0.25, 0.3) is 0 Å². The van der Waals surface area contributed by atoms with Crippen LogP contribution in [0.3, 0.4) is 0 Å². The molecule has 0 saturated carbocycles. The number of rotatable bonds is 7. The molecule has 0 bridgehead atoms. The van der Waals surface area contributed by atoms with E-state index >= 15 is 0 Å². The van der Waals surface area contributed by atoms with E-state index in [1.165, 1.54) is 54.6 Å². The van der Waals surface area contributed by atoms with E-state index in [1.807, 2.05) is 6.07 Å². The molecule has 0 amide bonds. The van der Waals surface area contributed by atoms with Crippen molar-refractivity contribution in [2.24, 2.45) is 0 Å². The topological polar surface area (TPSA) is 29.5 Å². The Kier molecular flexibility index (Phi) is 8.90. The molecule has 0 N–H and O–H groups in total. The molecular formula is C66H41NO2. The van der Waals surface area contributed by atoms with Gasteiger partial charge in [0.2, 0.25) is 0 Å². The van der Waals surface area contributed by atoms with Crippen molar-refractivity contribution >= 4 is 93.3 Å². The van der Waals surface area contributed by atoms with E-state index in [0.29, 0.717) is 0 Å². The molecule has 0 unspecified atom stereocenters. The number of nitrogens with zero attached hydrogens (tertiary/aromatic N) is 1. The van der Waals surface area contributed by atoms with Crippen LogP contribution in [0.25, 0.3) is 121 Å². The molecule has 0 aliphatic heterocycles. The second kappa shape index (κ2) is 15.7. The molecule has 14 aromatic rings. The number of furan rings is 2. The van der Waals surface area contributed by atoms with Crippen molar-refractivity contribution in [3.8, 4) is 44.5 Å². The summed E-state index contributed by atoms with van der Waals surface area (Å²) < 4.78 is 13.6. The Bertz CT molecular complexity index is 4140. The number of hydrogen-bond donors (Lipinski definition) is 0. The second-order valence-electron chi connectivity index (χ2n) is 17.9. The van der Waals surface area contributed by atoms with Gasteiger partial charge in [-0.15, -0.1) is 0 Å². The molecular weight excluding hydrogens is 839 g/mol. The van der Waals surface area contributed by atoms with Crippen molar-refractivity contribution in [2.75, 3.05) is 4.90 Å². The third-order valence-corrected chi connectivity index (χ3v) is 14.1. The van der Waals surface area contributed by atoms with Crippen molar-refractivity contribution in [2.45, 2.75) is 0 Å². The Morgan fingerprint density at radius 1 is 0.232 bits per heavy atom. The highest BCUT2D eigenvalue weighted by atomic mass is 16.3. The molecule has 0 spiro atoms. The first-order chi connectivity index (χ1) is 34.2. The van der Waals surface area contributed by atoms with Gasteiger partial charge < -0.3 is 13.7 Å². The zero-order chi connectivity index (χ0) is 45.4. The largest absolute Gasteiger partial charge is 0.456 e. The van der Waals surface area contributed by atoms with Crippen molar-refractivity contribution in [3.05, 3.63) is 249 Å². The fourth-order valence-corrected chi connectivity index (χ4v) is 10.8. The smallest absolute Gasteiger partial charge is 0.143 e. The van der Waals surface area contributed by atoms with E-state index in [0.717, 1.165) is 83.2 Å². The molecule has 0 aliphatic rings. The molecule has 322 valence electrons. The van der Waals surface area contributed by atoms with E-state index in [2.05, 4.69) is 248 Å². The minimum Gasteiger partial charge on any atom is -0.456 e. The molecule has 0 saturated heterocycles. The van der Waals surface area contributed by atoms with Gasteiger partial charge in [-0.25, -0.2) is 0 Å². The third kappa shape index (κ3) is 6.36. The van der Waals surface area contributed by atoms with Crippen LogP contribution in [0.2, 0.25) is 0 Å². The average molecular weight is 880 g/mol. The van der Waals surface area contributed by atoms with Crippen LogP contribution in [0.5, 0.6) is 0 Å². The fraction of sp³-hybridized carbons (Fsp3) is 0. The minimum atomic E-state index is 0.829. The summed E-state index contributed by atoms with van der Waals surface area (Å²) in [4.78, 5) is 2.33. The van der Waals surface area contributed by atoms with Crippen LogP contribution in [-0.4, -0.2) is 0 Å². The molecule has 2 heterocycles. The predicted octanol–water partition coefficient (Wildman–Crippen LogP) is 19.1. The molecule has 69 heavy (non-hydrogen) atoms. The Morgan fingerprint density at radius 2 is 0.652 bits per heavy atom. The summed E-state index contributed by atoms with van der Waals surface area (Å²) in [5.41, 5.74) is 15.7. The van der Waals surface area contributed by atoms with E-state index in [9.17, 15) is 0 Å². The molecule has 0 aliphatic carbocycles. The second-order valence-corrected chi connectivity index (χ2v) is 17.9. The van der Waals surface area contributed by atoms with E-state index < -0.39 is 0 Å². The van der Waals surface area contributed by atoms with Crippen LogP contribution < -0.4 is 4.90 Å². The molecule has 0 radical (unpaired) electrons. The van der Waals surface area contributed by atoms with E-state index in [1.54, 1.807) is 0 Å². The lowest BCUT2D eigenvalue weighted by molar-refractivity contribution is 0.663. The number of fused-ring (bicyclic) bond motifs is 13. The van der Waals surface area contributed by atoms with Gasteiger partial charge in [-0.05, 0) is 138 Å². The van der Waals surface area contributed by atoms with Gasteiger partial charge in [-0.3, -0.25) is 0 Å². The van der Waals surface area contributed by atoms with Gasteiger partial charge >= 0.3 is 0 Å². The van der Waals surface area contributed by atoms with Crippen molar-refractivity contribution in [1.29, 1.82) is 0 Å². The van der Waals surface area contributed by atoms with Crippen LogP contribution in [0.1, 0.15) is 0 Å². The van der Waals surface area contributed by atoms with Crippen molar-refractivity contribution in [3.63, 3.8) is 0 Å². The first-order valence-electron chi connectivity index (χ1n) is 23.6. The van der Waals surface area contributed by atoms with Gasteiger partial charge in [0.1, 0.15) is 22.3 Å². The molecule has 3 heteroatoms. The summed E-state index contributed by atoms with van der Waals surface area (Å²) in [5, 5.41) is 11.8. The van der Waals surface area contributed by atoms with Gasteiger partial charge in [0, 0.05) is 44.2 Å². The van der Waals surface area contributed by atoms with Crippen LogP contribution in [0, 0.1) is 0 Å². The monoisotopic (exact) mass is 879 g/mol. The summed E-state index contributed by atoms with van der Waals surface area (Å²) in [7, 11) is 0. The van der Waals surface area contributed by atoms with Crippen LogP contribution in [0.4, 0.5) is 17.1 Å². The standard InChI is InChI=1S/C66H41NO2/c1-3-13-42(14-4-1)44-23-30-48(31-24-44)67(49-32-25-45(26-33-49)43-15-5-2-6-16-43)50-34-27-46(28-35-50)52-38-37-51(64-65-62(69-66(52)64)40-39-61-63(65)58-21-11-12-22-60(58)68-61)47-29-36-57-55-19-8-7-17-53(55)54-18-9-10-20-56(54)59(57)41-47/h1-41H. The predicted molar refractivity (Wildman–Crippen MR) is 290 cm³/mol. The minimum absolute atomic E-state index is 0.829. The van der Waals surface area contributed by atoms with E-state index in [4.69, 9.17) is 8.83 Å². The lowest BCUT2D eigenvalue weighted by Gasteiger charge is -2.26. The Balaban J connectivity index is 0.945. The third-order valence-electron chi connectivity index (χ3n) is 14.1. The highest BCUT2D eigenvalue weighted by Gasteiger charge is 2.23. The lowest BCUT2D eigenvalue weighted by atomic mass is 9.89. The zero-order valence-electron chi connectivity index (χ0n) is 37.4. The number of hydrogen-bond acceptors (Lipinski definition) is 3. The average Bonchev–Trinajstić information content (AvgIpc) is 4.01. The van der Waals surface area contributed by atoms with E-state index in [-0.39, 0.29) is 0 Å². The van der Waals surface area contributed by atoms with Crippen molar-refractivity contribution < 1.29 is 8.83 Å². The normalized spacial score (nSPS) is 11.8. The Morgan fingerprint density at radius 3 is 1.22 bits per heavy atom. The van der Waals surface area contributed by atoms with Crippen LogP contribution in [0.15, 0.2) is 258 Å². The summed E-state index contributed by atoms with van der Waals surface area (Å²) in [6.07, 6.45) is 0. The summed E-state index contributed by atoms with van der Waals surface area (Å²) >= 11 is 0. The first-order valence-corrected chi connectivity index (χ1v) is 23.6. The van der Waals surface area contributed by atoms with Crippen LogP contribution >= 0.6 is 0 Å². The molecule has 12 aromatic carbocycles. The van der Waals surface area contributed by atoms with Gasteiger partial charge in [-0.2, -0.15) is 0 Å². The molecule has 0 fully saturated rings. The summed E-state index contributed by atoms with van der Waals surface area (Å²) in [6.45, 7) is 0. The Hall–Kier alpha value is -9.18. The van der Waals surface area contributed by atoms with Gasteiger partial charge in [0.05, 0.1) is 0 Å². The van der Waals surface area contributed by atoms with Gasteiger partial charge in [-0.1, -0.05) is 182 Å². The highest BCUT2D eigenvalue weighted by Crippen LogP contribution is 2.48. The first kappa shape index (κ1) is 39.0. The maximum absolute atomic E-state index is 7.10. The SMILES string of the molecule is c1ccc(-c2ccc(N(c3ccc(-c4ccccc4)cc3)c3ccc(-c4ccc(-c5ccc6c7ccccc7c7ccccc7c6c5)c5c4oc4ccc6oc7ccccc7c6c45)cc3)cc2)cc1. The zero-order valence-corrected chi connectivity index (χ0v) is 37.4. The molecule has 0 atom stereocenters. The van der Waals surface area contributed by atoms with Crippen molar-refractivity contribution in [1.82, 2.24) is 0 Å². The van der Waals surface area contributed by atoms with Gasteiger partial charge in [0.15, 0.2) is 0 Å². The summed E-state index contributed by atoms with van der Waals surface area (Å²) in [5.74, 6) is 0. The Labute approximate surface area is 398 Å². The number of para-hydroxylation sites is 1. The highest BCUT2D eigenvalue weighted by molar-refractivity contribution is 6.30. The number of benzene rings is 12. The summed E-state index contributed by atoms with van der Waals surface area (Å²) in [6, 6.07) is 89.3. The maximum Gasteiger partial charge on any atom is 0.143 e. The maximum atomic E-state index is 7.10. The number of anilines is 3. The van der Waals surface area contributed by atoms with Crippen LogP contribution in [-0.2, 0) is 0 Å². The molecule has 14 rings (SSSR count). The fourth-order valence-electron chi connectivity index (χ4n) is 10.8.